The minimum Gasteiger partial charge on any atom is -0.491 e. The average Bonchev–Trinajstić information content (AvgIpc) is 2.46. The fourth-order valence-corrected chi connectivity index (χ4v) is 2.08. The van der Waals surface area contributed by atoms with Crippen LogP contribution in [-0.4, -0.2) is 17.6 Å². The number of benzene rings is 1. The van der Waals surface area contributed by atoms with Gasteiger partial charge in [0.15, 0.2) is 5.75 Å². The van der Waals surface area contributed by atoms with Crippen LogP contribution in [0.1, 0.15) is 5.69 Å². The second kappa shape index (κ2) is 6.62. The van der Waals surface area contributed by atoms with Gasteiger partial charge in [-0.3, -0.25) is 9.59 Å². The molecule has 7 heteroatoms. The molecule has 22 heavy (non-hydrogen) atoms. The largest absolute Gasteiger partial charge is 0.491 e. The Labute approximate surface area is 131 Å². The van der Waals surface area contributed by atoms with E-state index in [2.05, 4.69) is 5.32 Å². The second-order valence-electron chi connectivity index (χ2n) is 4.65. The minimum atomic E-state index is -0.555. The standard InChI is InChI=1S/C15H14ClFN2O3/c1-9-5-13(20)14(22-2)7-19(9)8-15(21)18-10-3-4-12(17)11(16)6-10/h3-7H,8H2,1-2H3,(H,18,21). The minimum absolute atomic E-state index is 0.0164. The van der Waals surface area contributed by atoms with Crippen molar-refractivity contribution in [3.05, 3.63) is 57.2 Å². The summed E-state index contributed by atoms with van der Waals surface area (Å²) in [6, 6.07) is 5.30. The van der Waals surface area contributed by atoms with Crippen molar-refractivity contribution < 1.29 is 13.9 Å². The lowest BCUT2D eigenvalue weighted by Gasteiger charge is -2.12. The van der Waals surface area contributed by atoms with Crippen LogP contribution in [0, 0.1) is 12.7 Å². The van der Waals surface area contributed by atoms with Crippen LogP contribution >= 0.6 is 11.6 Å². The van der Waals surface area contributed by atoms with Gasteiger partial charge in [0.2, 0.25) is 11.3 Å². The summed E-state index contributed by atoms with van der Waals surface area (Å²) in [5, 5.41) is 2.54. The number of aromatic nitrogens is 1. The maximum Gasteiger partial charge on any atom is 0.244 e. The van der Waals surface area contributed by atoms with E-state index >= 15 is 0 Å². The summed E-state index contributed by atoms with van der Waals surface area (Å²) in [6.45, 7) is 1.69. The van der Waals surface area contributed by atoms with Crippen LogP contribution in [-0.2, 0) is 11.3 Å². The molecule has 116 valence electrons. The monoisotopic (exact) mass is 324 g/mol. The lowest BCUT2D eigenvalue weighted by atomic mass is 10.3. The highest BCUT2D eigenvalue weighted by Crippen LogP contribution is 2.19. The van der Waals surface area contributed by atoms with Gasteiger partial charge in [-0.2, -0.15) is 0 Å². The van der Waals surface area contributed by atoms with Crippen molar-refractivity contribution in [2.75, 3.05) is 12.4 Å². The van der Waals surface area contributed by atoms with Crippen molar-refractivity contribution in [2.45, 2.75) is 13.5 Å². The summed E-state index contributed by atoms with van der Waals surface area (Å²) in [5.74, 6) is -0.736. The van der Waals surface area contributed by atoms with Crippen LogP contribution in [0.3, 0.4) is 0 Å². The Balaban J connectivity index is 2.15. The molecule has 0 aliphatic heterocycles. The van der Waals surface area contributed by atoms with Gasteiger partial charge in [-0.1, -0.05) is 11.6 Å². The quantitative estimate of drug-likeness (QED) is 0.940. The van der Waals surface area contributed by atoms with Gasteiger partial charge < -0.3 is 14.6 Å². The van der Waals surface area contributed by atoms with Crippen LogP contribution in [0.2, 0.25) is 5.02 Å². The third-order valence-electron chi connectivity index (χ3n) is 3.05. The number of hydrogen-bond donors (Lipinski definition) is 1. The summed E-state index contributed by atoms with van der Waals surface area (Å²) >= 11 is 5.66. The maximum absolute atomic E-state index is 13.1. The Morgan fingerprint density at radius 1 is 1.41 bits per heavy atom. The number of halogens is 2. The van der Waals surface area contributed by atoms with Crippen molar-refractivity contribution in [1.29, 1.82) is 0 Å². The Morgan fingerprint density at radius 2 is 2.14 bits per heavy atom. The molecule has 1 heterocycles. The molecule has 0 spiro atoms. The molecule has 0 atom stereocenters. The van der Waals surface area contributed by atoms with Gasteiger partial charge in [0.05, 0.1) is 18.3 Å². The SMILES string of the molecule is COc1cn(CC(=O)Nc2ccc(F)c(Cl)c2)c(C)cc1=O. The lowest BCUT2D eigenvalue weighted by molar-refractivity contribution is -0.116. The number of methoxy groups -OCH3 is 1. The summed E-state index contributed by atoms with van der Waals surface area (Å²) in [5.41, 5.74) is 0.766. The van der Waals surface area contributed by atoms with Crippen LogP contribution in [0.15, 0.2) is 35.3 Å². The Bertz CT molecular complexity index is 774. The fourth-order valence-electron chi connectivity index (χ4n) is 1.90. The molecule has 0 aliphatic rings. The van der Waals surface area contributed by atoms with Gasteiger partial charge in [0, 0.05) is 17.4 Å². The van der Waals surface area contributed by atoms with Crippen LogP contribution in [0.4, 0.5) is 10.1 Å². The van der Waals surface area contributed by atoms with Gasteiger partial charge in [0.1, 0.15) is 12.4 Å². The Morgan fingerprint density at radius 3 is 2.77 bits per heavy atom. The zero-order valence-corrected chi connectivity index (χ0v) is 12.8. The highest BCUT2D eigenvalue weighted by atomic mass is 35.5. The van der Waals surface area contributed by atoms with E-state index in [0.29, 0.717) is 11.4 Å². The molecule has 0 radical (unpaired) electrons. The molecule has 1 aromatic carbocycles. The number of amides is 1. The molecule has 0 saturated carbocycles. The van der Waals surface area contributed by atoms with Crippen molar-refractivity contribution >= 4 is 23.2 Å². The van der Waals surface area contributed by atoms with Gasteiger partial charge in [-0.15, -0.1) is 0 Å². The lowest BCUT2D eigenvalue weighted by Crippen LogP contribution is -2.22. The molecule has 1 N–H and O–H groups in total. The zero-order chi connectivity index (χ0) is 16.3. The molecule has 5 nitrogen and oxygen atoms in total. The molecular formula is C15H14ClFN2O3. The normalized spacial score (nSPS) is 10.4. The van der Waals surface area contributed by atoms with E-state index in [0.717, 1.165) is 0 Å². The molecule has 0 saturated heterocycles. The molecule has 0 bridgehead atoms. The van der Waals surface area contributed by atoms with E-state index < -0.39 is 5.82 Å². The van der Waals surface area contributed by atoms with Gasteiger partial charge in [-0.05, 0) is 25.1 Å². The second-order valence-corrected chi connectivity index (χ2v) is 5.06. The average molecular weight is 325 g/mol. The number of aryl methyl sites for hydroxylation is 1. The number of pyridine rings is 1. The van der Waals surface area contributed by atoms with E-state index in [-0.39, 0.29) is 28.7 Å². The first-order valence-corrected chi connectivity index (χ1v) is 6.78. The summed E-state index contributed by atoms with van der Waals surface area (Å²) in [7, 11) is 1.39. The van der Waals surface area contributed by atoms with E-state index in [9.17, 15) is 14.0 Å². The first-order chi connectivity index (χ1) is 10.4. The highest BCUT2D eigenvalue weighted by molar-refractivity contribution is 6.31. The number of anilines is 1. The number of ether oxygens (including phenoxy) is 1. The van der Waals surface area contributed by atoms with E-state index in [1.165, 1.54) is 37.6 Å². The highest BCUT2D eigenvalue weighted by Gasteiger charge is 2.09. The van der Waals surface area contributed by atoms with Crippen molar-refractivity contribution in [3.63, 3.8) is 0 Å². The smallest absolute Gasteiger partial charge is 0.244 e. The predicted molar refractivity (Wildman–Crippen MR) is 82.0 cm³/mol. The molecule has 0 unspecified atom stereocenters. The summed E-state index contributed by atoms with van der Waals surface area (Å²) in [4.78, 5) is 23.6. The fraction of sp³-hybridized carbons (Fsp3) is 0.200. The summed E-state index contributed by atoms with van der Waals surface area (Å²) < 4.78 is 19.6. The Kier molecular flexibility index (Phi) is 4.82. The molecule has 1 amide bonds. The van der Waals surface area contributed by atoms with Gasteiger partial charge in [-0.25, -0.2) is 4.39 Å². The molecule has 0 aliphatic carbocycles. The molecule has 2 aromatic rings. The van der Waals surface area contributed by atoms with E-state index in [1.807, 2.05) is 0 Å². The van der Waals surface area contributed by atoms with Crippen molar-refractivity contribution in [2.24, 2.45) is 0 Å². The Hall–Kier alpha value is -2.34. The van der Waals surface area contributed by atoms with E-state index in [4.69, 9.17) is 16.3 Å². The first-order valence-electron chi connectivity index (χ1n) is 6.40. The number of nitrogens with one attached hydrogen (secondary N) is 1. The predicted octanol–water partition coefficient (Wildman–Crippen LogP) is 2.60. The molecule has 0 fully saturated rings. The molecule has 2 rings (SSSR count). The van der Waals surface area contributed by atoms with E-state index in [1.54, 1.807) is 11.5 Å². The number of rotatable bonds is 4. The van der Waals surface area contributed by atoms with Gasteiger partial charge in [0.25, 0.3) is 0 Å². The van der Waals surface area contributed by atoms with Crippen molar-refractivity contribution in [3.8, 4) is 5.75 Å². The number of carbonyl (C=O) groups is 1. The topological polar surface area (TPSA) is 60.3 Å². The first kappa shape index (κ1) is 16.0. The van der Waals surface area contributed by atoms with Gasteiger partial charge >= 0.3 is 0 Å². The number of carbonyl (C=O) groups excluding carboxylic acids is 1. The maximum atomic E-state index is 13.1. The molecule has 1 aromatic heterocycles. The van der Waals surface area contributed by atoms with Crippen LogP contribution in [0.25, 0.3) is 0 Å². The van der Waals surface area contributed by atoms with Crippen molar-refractivity contribution in [1.82, 2.24) is 4.57 Å². The third kappa shape index (κ3) is 3.65. The summed E-state index contributed by atoms with van der Waals surface area (Å²) in [6.07, 6.45) is 1.47. The molecular weight excluding hydrogens is 311 g/mol. The zero-order valence-electron chi connectivity index (χ0n) is 12.0. The number of nitrogens with zero attached hydrogens (tertiary/aromatic N) is 1. The number of hydrogen-bond acceptors (Lipinski definition) is 3. The van der Waals surface area contributed by atoms with Crippen LogP contribution < -0.4 is 15.5 Å². The third-order valence-corrected chi connectivity index (χ3v) is 3.34. The van der Waals surface area contributed by atoms with Crippen LogP contribution in [0.5, 0.6) is 5.75 Å².